The number of thiophene rings is 1. The van der Waals surface area contributed by atoms with Gasteiger partial charge >= 0.3 is 0 Å². The van der Waals surface area contributed by atoms with Gasteiger partial charge in [-0.3, -0.25) is 0 Å². The summed E-state index contributed by atoms with van der Waals surface area (Å²) in [6.07, 6.45) is 30.6. The second-order valence-corrected chi connectivity index (χ2v) is 9.10. The Morgan fingerprint density at radius 1 is 0.593 bits per heavy atom. The van der Waals surface area contributed by atoms with Gasteiger partial charge in [0.1, 0.15) is 0 Å². The van der Waals surface area contributed by atoms with Crippen LogP contribution in [-0.4, -0.2) is 0 Å². The number of unbranched alkanes of at least 4 members (excludes halogenated alkanes) is 18. The van der Waals surface area contributed by atoms with Crippen molar-refractivity contribution in [3.63, 3.8) is 0 Å². The van der Waals surface area contributed by atoms with Gasteiger partial charge in [-0.05, 0) is 48.1 Å². The Labute approximate surface area is 174 Å². The molecule has 1 heterocycles. The first-order chi connectivity index (χ1) is 13.4. The molecule has 0 atom stereocenters. The van der Waals surface area contributed by atoms with E-state index in [1.165, 1.54) is 128 Å². The van der Waals surface area contributed by atoms with Crippen LogP contribution in [0.2, 0.25) is 0 Å². The van der Waals surface area contributed by atoms with Crippen molar-refractivity contribution in [2.24, 2.45) is 0 Å². The Balaban J connectivity index is 1.65. The Morgan fingerprint density at radius 3 is 1.37 bits per heavy atom. The normalized spacial score (nSPS) is 11.1. The van der Waals surface area contributed by atoms with Gasteiger partial charge in [-0.2, -0.15) is 11.3 Å². The summed E-state index contributed by atoms with van der Waals surface area (Å²) in [6, 6.07) is 2.28. The summed E-state index contributed by atoms with van der Waals surface area (Å²) in [5.41, 5.74) is 1.54. The lowest BCUT2D eigenvalue weighted by atomic mass is 10.0. The predicted octanol–water partition coefficient (Wildman–Crippen LogP) is 9.89. The predicted molar refractivity (Wildman–Crippen MR) is 126 cm³/mol. The number of rotatable bonds is 21. The van der Waals surface area contributed by atoms with Crippen LogP contribution in [-0.2, 0) is 6.42 Å². The summed E-state index contributed by atoms with van der Waals surface area (Å²) in [6.45, 7) is 3.79. The van der Waals surface area contributed by atoms with Gasteiger partial charge in [0.2, 0.25) is 0 Å². The summed E-state index contributed by atoms with van der Waals surface area (Å²) in [5.74, 6) is 0. The van der Waals surface area contributed by atoms with E-state index in [9.17, 15) is 0 Å². The van der Waals surface area contributed by atoms with Crippen molar-refractivity contribution in [3.05, 3.63) is 35.0 Å². The molecule has 0 spiro atoms. The highest BCUT2D eigenvalue weighted by Gasteiger charge is 1.96. The molecule has 27 heavy (non-hydrogen) atoms. The van der Waals surface area contributed by atoms with Gasteiger partial charge < -0.3 is 0 Å². The zero-order chi connectivity index (χ0) is 19.3. The highest BCUT2D eigenvalue weighted by molar-refractivity contribution is 7.07. The fourth-order valence-electron chi connectivity index (χ4n) is 3.88. The van der Waals surface area contributed by atoms with Crippen molar-refractivity contribution in [1.82, 2.24) is 0 Å². The van der Waals surface area contributed by atoms with Crippen molar-refractivity contribution >= 4 is 11.3 Å². The van der Waals surface area contributed by atoms with Crippen molar-refractivity contribution in [1.29, 1.82) is 0 Å². The third kappa shape index (κ3) is 17.3. The Morgan fingerprint density at radius 2 is 1.00 bits per heavy atom. The van der Waals surface area contributed by atoms with Crippen molar-refractivity contribution in [3.8, 4) is 0 Å². The van der Waals surface area contributed by atoms with Gasteiger partial charge in [0, 0.05) is 0 Å². The maximum absolute atomic E-state index is 3.79. The van der Waals surface area contributed by atoms with E-state index in [0.29, 0.717) is 0 Å². The van der Waals surface area contributed by atoms with Gasteiger partial charge in [0.25, 0.3) is 0 Å². The van der Waals surface area contributed by atoms with Crippen LogP contribution in [0.5, 0.6) is 0 Å². The van der Waals surface area contributed by atoms with E-state index in [1.807, 2.05) is 11.3 Å². The zero-order valence-corrected chi connectivity index (χ0v) is 18.9. The third-order valence-electron chi connectivity index (χ3n) is 5.70. The molecular weight excluding hydrogens is 344 g/mol. The molecule has 156 valence electrons. The maximum atomic E-state index is 3.79. The van der Waals surface area contributed by atoms with Gasteiger partial charge in [-0.1, -0.05) is 109 Å². The fourth-order valence-corrected chi connectivity index (χ4v) is 4.58. The molecule has 0 bridgehead atoms. The highest BCUT2D eigenvalue weighted by atomic mass is 32.1. The van der Waals surface area contributed by atoms with E-state index >= 15 is 0 Å². The number of hydrogen-bond donors (Lipinski definition) is 0. The molecule has 0 aliphatic rings. The minimum atomic E-state index is 1.20. The molecule has 0 unspecified atom stereocenters. The maximum Gasteiger partial charge on any atom is -0.00613 e. The van der Waals surface area contributed by atoms with Crippen LogP contribution in [0.15, 0.2) is 29.5 Å². The van der Waals surface area contributed by atoms with Crippen LogP contribution in [0.1, 0.15) is 128 Å². The molecule has 1 aromatic heterocycles. The third-order valence-corrected chi connectivity index (χ3v) is 6.44. The number of allylic oxidation sites excluding steroid dienone is 1. The monoisotopic (exact) mass is 390 g/mol. The van der Waals surface area contributed by atoms with E-state index in [0.717, 1.165) is 0 Å². The molecule has 0 N–H and O–H groups in total. The highest BCUT2D eigenvalue weighted by Crippen LogP contribution is 2.15. The van der Waals surface area contributed by atoms with E-state index in [1.54, 1.807) is 5.56 Å². The molecule has 0 saturated carbocycles. The summed E-state index contributed by atoms with van der Waals surface area (Å²) >= 11 is 1.83. The lowest BCUT2D eigenvalue weighted by Crippen LogP contribution is -1.85. The topological polar surface area (TPSA) is 0 Å². The second-order valence-electron chi connectivity index (χ2n) is 8.32. The van der Waals surface area contributed by atoms with E-state index in [-0.39, 0.29) is 0 Å². The van der Waals surface area contributed by atoms with Crippen LogP contribution in [0.3, 0.4) is 0 Å². The smallest absolute Gasteiger partial charge is 0.00613 e. The minimum Gasteiger partial charge on any atom is -0.152 e. The molecule has 0 aliphatic heterocycles. The molecule has 1 heteroatoms. The van der Waals surface area contributed by atoms with Gasteiger partial charge in [0.05, 0.1) is 0 Å². The number of aryl methyl sites for hydroxylation is 1. The molecular formula is C26H46S. The first-order valence-electron chi connectivity index (χ1n) is 12.1. The lowest BCUT2D eigenvalue weighted by Gasteiger charge is -2.04. The van der Waals surface area contributed by atoms with Crippen molar-refractivity contribution < 1.29 is 0 Å². The summed E-state index contributed by atoms with van der Waals surface area (Å²) in [4.78, 5) is 0. The standard InChI is InChI=1S/C26H46S/c1-2-3-4-5-6-7-8-9-10-11-12-13-14-15-16-17-18-19-20-21-22-26-23-24-27-25-26/h2,23-25H,1,3-22H2. The Kier molecular flexibility index (Phi) is 18.3. The molecule has 1 rings (SSSR count). The van der Waals surface area contributed by atoms with Crippen LogP contribution >= 0.6 is 11.3 Å². The van der Waals surface area contributed by atoms with Crippen LogP contribution < -0.4 is 0 Å². The van der Waals surface area contributed by atoms with Gasteiger partial charge in [-0.25, -0.2) is 0 Å². The van der Waals surface area contributed by atoms with Gasteiger partial charge in [0.15, 0.2) is 0 Å². The number of hydrogen-bond acceptors (Lipinski definition) is 1. The minimum absolute atomic E-state index is 1.20. The van der Waals surface area contributed by atoms with E-state index in [2.05, 4.69) is 29.5 Å². The summed E-state index contributed by atoms with van der Waals surface area (Å²) in [7, 11) is 0. The molecule has 0 radical (unpaired) electrons. The quantitative estimate of drug-likeness (QED) is 0.145. The van der Waals surface area contributed by atoms with Crippen LogP contribution in [0.25, 0.3) is 0 Å². The molecule has 0 nitrogen and oxygen atoms in total. The lowest BCUT2D eigenvalue weighted by molar-refractivity contribution is 0.524. The van der Waals surface area contributed by atoms with Crippen LogP contribution in [0, 0.1) is 0 Å². The largest absolute Gasteiger partial charge is 0.152 e. The van der Waals surface area contributed by atoms with E-state index < -0.39 is 0 Å². The van der Waals surface area contributed by atoms with Crippen LogP contribution in [0.4, 0.5) is 0 Å². The van der Waals surface area contributed by atoms with Crippen molar-refractivity contribution in [2.45, 2.75) is 128 Å². The fraction of sp³-hybridized carbons (Fsp3) is 0.769. The Hall–Kier alpha value is -0.560. The van der Waals surface area contributed by atoms with Crippen molar-refractivity contribution in [2.75, 3.05) is 0 Å². The average Bonchev–Trinajstić information content (AvgIpc) is 3.20. The van der Waals surface area contributed by atoms with Gasteiger partial charge in [-0.15, -0.1) is 6.58 Å². The summed E-state index contributed by atoms with van der Waals surface area (Å²) < 4.78 is 0. The molecule has 0 amide bonds. The average molecular weight is 391 g/mol. The second kappa shape index (κ2) is 20.2. The Bertz CT molecular complexity index is 392. The molecule has 0 fully saturated rings. The van der Waals surface area contributed by atoms with E-state index in [4.69, 9.17) is 0 Å². The molecule has 0 aliphatic carbocycles. The first kappa shape index (κ1) is 24.5. The first-order valence-corrected chi connectivity index (χ1v) is 13.0. The zero-order valence-electron chi connectivity index (χ0n) is 18.1. The summed E-state index contributed by atoms with van der Waals surface area (Å²) in [5, 5.41) is 4.50. The molecule has 0 aromatic carbocycles. The SMILES string of the molecule is C=CCCCCCCCCCCCCCCCCCCCCc1ccsc1. The molecule has 0 saturated heterocycles. The molecule has 1 aromatic rings.